The Bertz CT molecular complexity index is 6790. The first-order valence-electron chi connectivity index (χ1n) is 42.1. The second-order valence-corrected chi connectivity index (χ2v) is 34.5. The summed E-state index contributed by atoms with van der Waals surface area (Å²) in [6.45, 7) is 28.9. The molecule has 1 atom stereocenters. The molecule has 4 aliphatic carbocycles. The first kappa shape index (κ1) is 71.8. The van der Waals surface area contributed by atoms with Crippen molar-refractivity contribution in [2.45, 2.75) is 132 Å². The van der Waals surface area contributed by atoms with E-state index in [1.807, 2.05) is 75.0 Å². The predicted molar refractivity (Wildman–Crippen MR) is 474 cm³/mol. The Morgan fingerprint density at radius 2 is 0.783 bits per heavy atom. The summed E-state index contributed by atoms with van der Waals surface area (Å²) in [5.74, 6) is 0.650. The van der Waals surface area contributed by atoms with E-state index in [9.17, 15) is 0 Å². The maximum atomic E-state index is 8.49. The molecular formula is C107H104N8+4. The lowest BCUT2D eigenvalue weighted by atomic mass is 9.80. The van der Waals surface area contributed by atoms with E-state index < -0.39 is 12.3 Å². The van der Waals surface area contributed by atoms with Crippen LogP contribution >= 0.6 is 0 Å². The zero-order chi connectivity index (χ0) is 83.0. The van der Waals surface area contributed by atoms with Crippen molar-refractivity contribution in [1.82, 2.24) is 19.9 Å². The number of rotatable bonds is 7. The largest absolute Gasteiger partial charge is 0.260 e. The first-order valence-corrected chi connectivity index (χ1v) is 40.6. The molecule has 0 aliphatic heterocycles. The smallest absolute Gasteiger partial charge is 0.213 e. The summed E-state index contributed by atoms with van der Waals surface area (Å²) >= 11 is 0. The minimum atomic E-state index is -2.24. The van der Waals surface area contributed by atoms with E-state index in [4.69, 9.17) is 19.1 Å². The van der Waals surface area contributed by atoms with Gasteiger partial charge in [0, 0.05) is 143 Å². The van der Waals surface area contributed by atoms with Crippen molar-refractivity contribution in [2.75, 3.05) is 0 Å². The molecule has 0 radical (unpaired) electrons. The van der Waals surface area contributed by atoms with Gasteiger partial charge in [-0.2, -0.15) is 13.7 Å². The van der Waals surface area contributed by atoms with Crippen LogP contribution in [0.4, 0.5) is 0 Å². The van der Waals surface area contributed by atoms with Crippen LogP contribution in [0.5, 0.6) is 0 Å². The average Bonchev–Trinajstić information content (AvgIpc) is 1.52. The molecule has 20 rings (SSSR count). The quantitative estimate of drug-likeness (QED) is 0.149. The average molecular weight is 1510 g/mol. The third-order valence-corrected chi connectivity index (χ3v) is 25.4. The molecule has 16 aromatic rings. The third kappa shape index (κ3) is 12.5. The van der Waals surface area contributed by atoms with Crippen LogP contribution in [0, 0.1) is 40.5 Å². The number of fused-ring (bicyclic) bond motifs is 15. The number of para-hydroxylation sites is 1. The Hall–Kier alpha value is -12.3. The number of hydrogen-bond donors (Lipinski definition) is 0. The van der Waals surface area contributed by atoms with Crippen molar-refractivity contribution >= 4 is 32.7 Å². The van der Waals surface area contributed by atoms with E-state index in [2.05, 4.69) is 335 Å². The lowest BCUT2D eigenvalue weighted by Crippen LogP contribution is -2.33. The Labute approximate surface area is 683 Å². The highest BCUT2D eigenvalue weighted by Crippen LogP contribution is 2.56. The van der Waals surface area contributed by atoms with Gasteiger partial charge in [0.25, 0.3) is 0 Å². The zero-order valence-electron chi connectivity index (χ0n) is 72.8. The van der Waals surface area contributed by atoms with Crippen molar-refractivity contribution in [3.63, 3.8) is 0 Å². The van der Waals surface area contributed by atoms with E-state index in [1.54, 1.807) is 6.20 Å². The molecule has 0 spiro atoms. The molecule has 8 heteroatoms. The summed E-state index contributed by atoms with van der Waals surface area (Å²) in [7, 11) is 8.56. The molecule has 8 aromatic heterocycles. The molecule has 0 amide bonds. The molecule has 0 saturated carbocycles. The van der Waals surface area contributed by atoms with E-state index in [1.165, 1.54) is 162 Å². The highest BCUT2D eigenvalue weighted by Gasteiger charge is 2.45. The normalized spacial score (nSPS) is 15.4. The van der Waals surface area contributed by atoms with E-state index in [0.29, 0.717) is 11.6 Å². The van der Waals surface area contributed by atoms with E-state index in [0.717, 1.165) is 50.8 Å². The van der Waals surface area contributed by atoms with Crippen LogP contribution in [0.15, 0.2) is 268 Å². The molecule has 8 aromatic carbocycles. The zero-order valence-corrected chi connectivity index (χ0v) is 69.8. The molecule has 8 nitrogen and oxygen atoms in total. The molecule has 115 heavy (non-hydrogen) atoms. The van der Waals surface area contributed by atoms with Gasteiger partial charge in [0.2, 0.25) is 39.3 Å². The molecule has 0 N–H and O–H groups in total. The molecule has 0 fully saturated rings. The number of nitrogens with zero attached hydrogens (tertiary/aromatic N) is 8. The minimum absolute atomic E-state index is 0.0662. The molecule has 4 aliphatic rings. The molecule has 0 bridgehead atoms. The summed E-state index contributed by atoms with van der Waals surface area (Å²) < 4.78 is 34.6. The molecule has 8 heterocycles. The Morgan fingerprint density at radius 3 is 1.32 bits per heavy atom. The lowest BCUT2D eigenvalue weighted by molar-refractivity contribution is -0.660. The van der Waals surface area contributed by atoms with Gasteiger partial charge in [-0.15, -0.1) is 0 Å². The molecular weight excluding hydrogens is 1400 g/mol. The Kier molecular flexibility index (Phi) is 17.9. The van der Waals surface area contributed by atoms with Crippen molar-refractivity contribution in [1.29, 1.82) is 0 Å². The van der Waals surface area contributed by atoms with Crippen LogP contribution in [0.3, 0.4) is 0 Å². The summed E-state index contributed by atoms with van der Waals surface area (Å²) in [4.78, 5) is 18.9. The molecule has 1 unspecified atom stereocenters. The fourth-order valence-corrected chi connectivity index (χ4v) is 19.5. The van der Waals surface area contributed by atoms with Gasteiger partial charge in [-0.3, -0.25) is 19.9 Å². The Morgan fingerprint density at radius 1 is 0.330 bits per heavy atom. The number of aromatic nitrogens is 8. The fraction of sp³-hybridized carbons (Fsp3) is 0.234. The van der Waals surface area contributed by atoms with Crippen molar-refractivity contribution in [2.24, 2.45) is 34.1 Å². The predicted octanol–water partition coefficient (Wildman–Crippen LogP) is 23.4. The summed E-state index contributed by atoms with van der Waals surface area (Å²) in [5.41, 5.74) is 40.8. The van der Waals surface area contributed by atoms with Crippen LogP contribution in [0.2, 0.25) is 0 Å². The third-order valence-electron chi connectivity index (χ3n) is 25.4. The van der Waals surface area contributed by atoms with Crippen LogP contribution in [-0.4, -0.2) is 19.9 Å². The lowest BCUT2D eigenvalue weighted by Gasteiger charge is -2.23. The summed E-state index contributed by atoms with van der Waals surface area (Å²) in [6.07, 6.45) is 10.7. The van der Waals surface area contributed by atoms with Gasteiger partial charge in [-0.25, -0.2) is 4.57 Å². The van der Waals surface area contributed by atoms with Gasteiger partial charge < -0.3 is 0 Å². The van der Waals surface area contributed by atoms with Crippen molar-refractivity contribution in [3.8, 4) is 101 Å². The van der Waals surface area contributed by atoms with Gasteiger partial charge in [-0.1, -0.05) is 197 Å². The van der Waals surface area contributed by atoms with Crippen LogP contribution in [0.1, 0.15) is 152 Å². The molecule has 0 saturated heterocycles. The van der Waals surface area contributed by atoms with E-state index in [-0.39, 0.29) is 16.2 Å². The van der Waals surface area contributed by atoms with Crippen LogP contribution in [-0.2, 0) is 56.3 Å². The van der Waals surface area contributed by atoms with Gasteiger partial charge >= 0.3 is 0 Å². The second kappa shape index (κ2) is 28.7. The number of pyridine rings is 8. The monoisotopic (exact) mass is 1500 g/mol. The maximum absolute atomic E-state index is 8.49. The second-order valence-electron chi connectivity index (χ2n) is 34.5. The van der Waals surface area contributed by atoms with Gasteiger partial charge in [-0.05, 0) is 197 Å². The van der Waals surface area contributed by atoms with Gasteiger partial charge in [0.1, 0.15) is 28.2 Å². The topological polar surface area (TPSA) is 67.1 Å². The van der Waals surface area contributed by atoms with Crippen molar-refractivity contribution < 1.29 is 22.4 Å². The highest BCUT2D eigenvalue weighted by molar-refractivity contribution is 5.93. The number of benzene rings is 8. The SMILES string of the molecule is Cc1cc2c(cc1-c1cc(-c3ccccc3)cc[n+]1C)-c1cccnc1C2(C)C.Cc1ccc2c(c1-c1ccc3c(C)cccc3[n+]1C)C(C)(C)c1ncccc1-2.Cc1ccc2c(c1-c1ccc3ccc(CC(C)C)cc3[n+]1C)C(C)(C)c1ncccc1-2.[2H]C([2H])([2H])C1(C)c2ncccc2-c2ccc(C)c(-c3ccc4ccccc4[n+]3C)c21. The number of aryl methyl sites for hydroxylation is 9. The van der Waals surface area contributed by atoms with Gasteiger partial charge in [0.15, 0.2) is 6.20 Å². The maximum Gasteiger partial charge on any atom is 0.213 e. The van der Waals surface area contributed by atoms with Crippen LogP contribution in [0.25, 0.3) is 133 Å². The summed E-state index contributed by atoms with van der Waals surface area (Å²) in [5, 5.41) is 3.74. The first-order chi connectivity index (χ1) is 56.4. The molecule has 568 valence electrons. The van der Waals surface area contributed by atoms with Crippen LogP contribution < -0.4 is 18.3 Å². The highest BCUT2D eigenvalue weighted by atomic mass is 15.0. The Balaban J connectivity index is 0.000000113. The van der Waals surface area contributed by atoms with Crippen molar-refractivity contribution in [3.05, 3.63) is 346 Å². The fourth-order valence-electron chi connectivity index (χ4n) is 19.5. The minimum Gasteiger partial charge on any atom is -0.260 e. The number of hydrogen-bond acceptors (Lipinski definition) is 4. The standard InChI is InChI=1S/C29H31N2.C27H25N2.C26H25N2.C25H23N2/c1-18(2)16-20-10-11-21-12-14-24(31(6)25(21)17-20)26-19(3)9-13-22-23-8-7-15-30-28(23)29(4,5)27(22)26;1-18-15-24-23(21-11-8-13-28-26(21)27(24,2)3)17-22(18)25-16-20(12-14-29(25)4)19-9-6-5-7-10-19;1-16-8-6-10-21-18(16)13-14-22(28(21)5)23-17(2)11-12-19-20-9-7-15-27-25(20)26(3,4)24(19)23;1-16-11-13-18-19-9-7-15-26-24(19)25(2,3)23(18)22(16)21-14-12-17-8-5-6-10-20(17)27(21)4/h7-15,17-18H,16H2,1-6H3;5-17H,1-4H3;6-15H,1-5H3;5-15H,1-4H3/q4*+1/i;;;2D3. The van der Waals surface area contributed by atoms with Gasteiger partial charge in [0.05, 0.1) is 39.5 Å². The van der Waals surface area contributed by atoms with E-state index >= 15 is 0 Å². The summed E-state index contributed by atoms with van der Waals surface area (Å²) in [6, 6.07) is 84.7.